The molecule has 2 N–H and O–H groups in total. The molecule has 0 radical (unpaired) electrons. The van der Waals surface area contributed by atoms with Crippen LogP contribution in [0.4, 0.5) is 0 Å². The monoisotopic (exact) mass is 235 g/mol. The van der Waals surface area contributed by atoms with Gasteiger partial charge in [0.05, 0.1) is 0 Å². The van der Waals surface area contributed by atoms with Crippen LogP contribution in [0.5, 0.6) is 0 Å². The van der Waals surface area contributed by atoms with E-state index >= 15 is 0 Å². The van der Waals surface area contributed by atoms with Gasteiger partial charge in [0.1, 0.15) is 0 Å². The first kappa shape index (κ1) is 14.2. The Hall–Kier alpha value is -0.860. The van der Waals surface area contributed by atoms with Gasteiger partial charge in [0.15, 0.2) is 0 Å². The molecule has 1 unspecified atom stereocenters. The highest BCUT2D eigenvalue weighted by atomic mass is 16.5. The Labute approximate surface area is 105 Å². The summed E-state index contributed by atoms with van der Waals surface area (Å²) in [5, 5.41) is 0. The number of hydrogen-bond acceptors (Lipinski definition) is 2. The molecule has 0 amide bonds. The van der Waals surface area contributed by atoms with Crippen molar-refractivity contribution in [3.8, 4) is 0 Å². The van der Waals surface area contributed by atoms with E-state index in [4.69, 9.17) is 10.5 Å². The van der Waals surface area contributed by atoms with E-state index < -0.39 is 0 Å². The third-order valence-electron chi connectivity index (χ3n) is 3.01. The molecule has 2 heteroatoms. The Bertz CT molecular complexity index is 324. The van der Waals surface area contributed by atoms with Crippen molar-refractivity contribution in [3.63, 3.8) is 0 Å². The number of rotatable bonds is 5. The number of hydrogen-bond donors (Lipinski definition) is 1. The largest absolute Gasteiger partial charge is 0.385 e. The first-order valence-electron chi connectivity index (χ1n) is 6.27. The van der Waals surface area contributed by atoms with Crippen LogP contribution in [0.15, 0.2) is 24.3 Å². The summed E-state index contributed by atoms with van der Waals surface area (Å²) in [6, 6.07) is 8.98. The highest BCUT2D eigenvalue weighted by molar-refractivity contribution is 5.27. The quantitative estimate of drug-likeness (QED) is 0.851. The Morgan fingerprint density at radius 3 is 2.24 bits per heavy atom. The summed E-state index contributed by atoms with van der Waals surface area (Å²) >= 11 is 0. The van der Waals surface area contributed by atoms with Crippen molar-refractivity contribution >= 4 is 0 Å². The molecule has 0 saturated carbocycles. The molecule has 0 bridgehead atoms. The molecule has 0 aliphatic heterocycles. The van der Waals surface area contributed by atoms with Crippen LogP contribution in [-0.4, -0.2) is 19.8 Å². The summed E-state index contributed by atoms with van der Waals surface area (Å²) < 4.78 is 5.03. The summed E-state index contributed by atoms with van der Waals surface area (Å²) in [5.41, 5.74) is 8.93. The highest BCUT2D eigenvalue weighted by Gasteiger charge is 2.13. The van der Waals surface area contributed by atoms with Crippen molar-refractivity contribution < 1.29 is 4.74 Å². The van der Waals surface area contributed by atoms with Crippen LogP contribution in [0.1, 0.15) is 38.3 Å². The van der Waals surface area contributed by atoms with E-state index in [-0.39, 0.29) is 11.5 Å². The zero-order valence-electron chi connectivity index (χ0n) is 11.5. The standard InChI is InChI=1S/C15H25NO/c1-15(2,3)13-7-5-12(6-8-13)11-14(16)9-10-17-4/h5-8,14H,9-11,16H2,1-4H3. The zero-order valence-corrected chi connectivity index (χ0v) is 11.5. The summed E-state index contributed by atoms with van der Waals surface area (Å²) in [6.07, 6.45) is 1.84. The minimum atomic E-state index is 0.190. The Kier molecular flexibility index (Phi) is 5.16. The fourth-order valence-electron chi connectivity index (χ4n) is 1.81. The van der Waals surface area contributed by atoms with Crippen molar-refractivity contribution in [1.29, 1.82) is 0 Å². The second kappa shape index (κ2) is 6.18. The van der Waals surface area contributed by atoms with Gasteiger partial charge in [-0.15, -0.1) is 0 Å². The Balaban J connectivity index is 2.56. The lowest BCUT2D eigenvalue weighted by molar-refractivity contribution is 0.188. The first-order valence-corrected chi connectivity index (χ1v) is 6.27. The SMILES string of the molecule is COCCC(N)Cc1ccc(C(C)(C)C)cc1. The predicted molar refractivity (Wildman–Crippen MR) is 73.3 cm³/mol. The molecule has 96 valence electrons. The van der Waals surface area contributed by atoms with Gasteiger partial charge < -0.3 is 10.5 Å². The molecule has 0 spiro atoms. The summed E-state index contributed by atoms with van der Waals surface area (Å²) in [4.78, 5) is 0. The highest BCUT2D eigenvalue weighted by Crippen LogP contribution is 2.22. The molecule has 1 atom stereocenters. The van der Waals surface area contributed by atoms with Crippen LogP contribution in [0.3, 0.4) is 0 Å². The second-order valence-electron chi connectivity index (χ2n) is 5.69. The average molecular weight is 235 g/mol. The Morgan fingerprint density at radius 2 is 1.76 bits per heavy atom. The molecule has 1 rings (SSSR count). The van der Waals surface area contributed by atoms with E-state index in [1.54, 1.807) is 7.11 Å². The maximum atomic E-state index is 6.04. The van der Waals surface area contributed by atoms with Gasteiger partial charge in [-0.2, -0.15) is 0 Å². The number of methoxy groups -OCH3 is 1. The Morgan fingerprint density at radius 1 is 1.18 bits per heavy atom. The van der Waals surface area contributed by atoms with Crippen LogP contribution < -0.4 is 5.73 Å². The molecular formula is C15H25NO. The van der Waals surface area contributed by atoms with Crippen molar-refractivity contribution in [2.75, 3.05) is 13.7 Å². The number of nitrogens with two attached hydrogens (primary N) is 1. The minimum absolute atomic E-state index is 0.190. The van der Waals surface area contributed by atoms with Crippen molar-refractivity contribution in [3.05, 3.63) is 35.4 Å². The topological polar surface area (TPSA) is 35.2 Å². The maximum absolute atomic E-state index is 6.04. The van der Waals surface area contributed by atoms with E-state index in [1.807, 2.05) is 0 Å². The van der Waals surface area contributed by atoms with E-state index in [2.05, 4.69) is 45.0 Å². The van der Waals surface area contributed by atoms with Crippen molar-refractivity contribution in [2.24, 2.45) is 5.73 Å². The van der Waals surface area contributed by atoms with Gasteiger partial charge in [0.2, 0.25) is 0 Å². The van der Waals surface area contributed by atoms with Crippen molar-refractivity contribution in [1.82, 2.24) is 0 Å². The van der Waals surface area contributed by atoms with Crippen LogP contribution in [0.2, 0.25) is 0 Å². The molecule has 0 aliphatic rings. The molecular weight excluding hydrogens is 210 g/mol. The number of ether oxygens (including phenoxy) is 1. The lowest BCUT2D eigenvalue weighted by Gasteiger charge is -2.19. The van der Waals surface area contributed by atoms with Gasteiger partial charge in [-0.25, -0.2) is 0 Å². The number of benzene rings is 1. The van der Waals surface area contributed by atoms with E-state index in [9.17, 15) is 0 Å². The summed E-state index contributed by atoms with van der Waals surface area (Å²) in [6.45, 7) is 7.42. The third kappa shape index (κ3) is 4.88. The molecule has 1 aromatic carbocycles. The van der Waals surface area contributed by atoms with Gasteiger partial charge in [0.25, 0.3) is 0 Å². The van der Waals surface area contributed by atoms with E-state index in [1.165, 1.54) is 11.1 Å². The normalized spacial score (nSPS) is 13.7. The fourth-order valence-corrected chi connectivity index (χ4v) is 1.81. The zero-order chi connectivity index (χ0) is 12.9. The van der Waals surface area contributed by atoms with Gasteiger partial charge in [0, 0.05) is 19.8 Å². The molecule has 0 aliphatic carbocycles. The average Bonchev–Trinajstić information content (AvgIpc) is 2.26. The van der Waals surface area contributed by atoms with Gasteiger partial charge in [-0.05, 0) is 29.4 Å². The smallest absolute Gasteiger partial charge is 0.0477 e. The van der Waals surface area contributed by atoms with Crippen LogP contribution in [0.25, 0.3) is 0 Å². The maximum Gasteiger partial charge on any atom is 0.0477 e. The lowest BCUT2D eigenvalue weighted by Crippen LogP contribution is -2.24. The third-order valence-corrected chi connectivity index (χ3v) is 3.01. The molecule has 0 heterocycles. The lowest BCUT2D eigenvalue weighted by atomic mass is 9.86. The first-order chi connectivity index (χ1) is 7.93. The summed E-state index contributed by atoms with van der Waals surface area (Å²) in [5.74, 6) is 0. The van der Waals surface area contributed by atoms with Gasteiger partial charge in [-0.1, -0.05) is 45.0 Å². The van der Waals surface area contributed by atoms with Crippen LogP contribution in [-0.2, 0) is 16.6 Å². The van der Waals surface area contributed by atoms with Crippen LogP contribution in [0, 0.1) is 0 Å². The van der Waals surface area contributed by atoms with E-state index in [0.29, 0.717) is 0 Å². The predicted octanol–water partition coefficient (Wildman–Crippen LogP) is 2.89. The molecule has 0 aromatic heterocycles. The molecule has 1 aromatic rings. The molecule has 2 nitrogen and oxygen atoms in total. The van der Waals surface area contributed by atoms with E-state index in [0.717, 1.165) is 19.4 Å². The molecule has 0 fully saturated rings. The van der Waals surface area contributed by atoms with Gasteiger partial charge in [-0.3, -0.25) is 0 Å². The molecule has 17 heavy (non-hydrogen) atoms. The molecule has 0 saturated heterocycles. The second-order valence-corrected chi connectivity index (χ2v) is 5.69. The minimum Gasteiger partial charge on any atom is -0.385 e. The van der Waals surface area contributed by atoms with Crippen LogP contribution >= 0.6 is 0 Å². The van der Waals surface area contributed by atoms with Gasteiger partial charge >= 0.3 is 0 Å². The van der Waals surface area contributed by atoms with Crippen molar-refractivity contribution in [2.45, 2.75) is 45.1 Å². The fraction of sp³-hybridized carbons (Fsp3) is 0.600. The summed E-state index contributed by atoms with van der Waals surface area (Å²) in [7, 11) is 1.71.